The van der Waals surface area contributed by atoms with E-state index in [1.807, 2.05) is 20.8 Å². The molecule has 0 amide bonds. The fraction of sp³-hybridized carbons (Fsp3) is 0.636. The van der Waals surface area contributed by atoms with Crippen LogP contribution in [0, 0.1) is 5.92 Å². The maximum atomic E-state index is 12.5. The number of hydrogen-bond donors (Lipinski definition) is 0. The fourth-order valence-corrected chi connectivity index (χ4v) is 2.68. The van der Waals surface area contributed by atoms with E-state index in [1.165, 1.54) is 32.1 Å². The van der Waals surface area contributed by atoms with E-state index in [1.54, 1.807) is 24.3 Å². The lowest BCUT2D eigenvalue weighted by Gasteiger charge is -2.15. The predicted octanol–water partition coefficient (Wildman–Crippen LogP) is 5.80. The first kappa shape index (κ1) is 22.2. The van der Waals surface area contributed by atoms with E-state index in [4.69, 9.17) is 9.47 Å². The summed E-state index contributed by atoms with van der Waals surface area (Å²) in [6.07, 6.45) is 7.94. The lowest BCUT2D eigenvalue weighted by atomic mass is 10.1. The van der Waals surface area contributed by atoms with Crippen LogP contribution in [-0.4, -0.2) is 24.6 Å². The zero-order chi connectivity index (χ0) is 19.4. The standard InChI is InChI=1S/C22H34O4/c1-5-6-7-8-9-10-13-18(4)26-22(24)20-15-12-11-14-19(20)21(23)25-16-17(2)3/h11-12,14-15,17-18H,5-10,13,16H2,1-4H3. The molecule has 0 N–H and O–H groups in total. The number of carbonyl (C=O) groups excluding carboxylic acids is 2. The summed E-state index contributed by atoms with van der Waals surface area (Å²) in [7, 11) is 0. The van der Waals surface area contributed by atoms with Crippen molar-refractivity contribution >= 4 is 11.9 Å². The quantitative estimate of drug-likeness (QED) is 0.348. The summed E-state index contributed by atoms with van der Waals surface area (Å²) in [5.74, 6) is -0.689. The Morgan fingerprint density at radius 1 is 0.885 bits per heavy atom. The number of rotatable bonds is 12. The Morgan fingerprint density at radius 2 is 1.46 bits per heavy atom. The number of carbonyl (C=O) groups is 2. The molecule has 146 valence electrons. The molecule has 0 aliphatic heterocycles. The molecule has 1 rings (SSSR count). The molecule has 1 atom stereocenters. The Labute approximate surface area is 158 Å². The molecular formula is C22H34O4. The largest absolute Gasteiger partial charge is 0.462 e. The van der Waals surface area contributed by atoms with Crippen LogP contribution in [0.15, 0.2) is 24.3 Å². The Bertz CT molecular complexity index is 551. The van der Waals surface area contributed by atoms with Crippen LogP contribution in [0.2, 0.25) is 0 Å². The molecule has 0 radical (unpaired) electrons. The van der Waals surface area contributed by atoms with Crippen molar-refractivity contribution in [2.75, 3.05) is 6.61 Å². The number of unbranched alkanes of at least 4 members (excludes halogenated alkanes) is 5. The second-order valence-corrected chi connectivity index (χ2v) is 7.31. The van der Waals surface area contributed by atoms with Crippen LogP contribution in [0.3, 0.4) is 0 Å². The van der Waals surface area contributed by atoms with Crippen molar-refractivity contribution in [2.45, 2.75) is 78.7 Å². The summed E-state index contributed by atoms with van der Waals surface area (Å²) >= 11 is 0. The molecule has 1 aromatic carbocycles. The third-order valence-electron chi connectivity index (χ3n) is 4.19. The van der Waals surface area contributed by atoms with E-state index in [9.17, 15) is 9.59 Å². The van der Waals surface area contributed by atoms with Gasteiger partial charge in [-0.1, -0.05) is 65.0 Å². The number of hydrogen-bond acceptors (Lipinski definition) is 4. The van der Waals surface area contributed by atoms with E-state index in [2.05, 4.69) is 6.92 Å². The van der Waals surface area contributed by atoms with Crippen molar-refractivity contribution in [3.05, 3.63) is 35.4 Å². The average molecular weight is 363 g/mol. The second-order valence-electron chi connectivity index (χ2n) is 7.31. The first-order valence-corrected chi connectivity index (χ1v) is 9.92. The monoisotopic (exact) mass is 362 g/mol. The number of esters is 2. The number of ether oxygens (including phenoxy) is 2. The van der Waals surface area contributed by atoms with Crippen LogP contribution < -0.4 is 0 Å². The van der Waals surface area contributed by atoms with Crippen molar-refractivity contribution in [3.8, 4) is 0 Å². The van der Waals surface area contributed by atoms with Crippen LogP contribution >= 0.6 is 0 Å². The Morgan fingerprint density at radius 3 is 2.08 bits per heavy atom. The first-order valence-electron chi connectivity index (χ1n) is 9.92. The van der Waals surface area contributed by atoms with Crippen LogP contribution in [0.1, 0.15) is 93.4 Å². The SMILES string of the molecule is CCCCCCCCC(C)OC(=O)c1ccccc1C(=O)OCC(C)C. The van der Waals surface area contributed by atoms with Crippen molar-refractivity contribution in [2.24, 2.45) is 5.92 Å². The van der Waals surface area contributed by atoms with E-state index in [0.29, 0.717) is 6.61 Å². The van der Waals surface area contributed by atoms with Gasteiger partial charge in [0.1, 0.15) is 0 Å². The van der Waals surface area contributed by atoms with Gasteiger partial charge >= 0.3 is 11.9 Å². The molecular weight excluding hydrogens is 328 g/mol. The minimum Gasteiger partial charge on any atom is -0.462 e. The van der Waals surface area contributed by atoms with Crippen LogP contribution in [0.4, 0.5) is 0 Å². The molecule has 0 aromatic heterocycles. The van der Waals surface area contributed by atoms with E-state index in [-0.39, 0.29) is 23.1 Å². The normalized spacial score (nSPS) is 12.0. The highest BCUT2D eigenvalue weighted by molar-refractivity contribution is 6.03. The zero-order valence-electron chi connectivity index (χ0n) is 16.8. The molecule has 0 saturated carbocycles. The van der Waals surface area contributed by atoms with Crippen molar-refractivity contribution in [1.82, 2.24) is 0 Å². The second kappa shape index (κ2) is 12.5. The first-order chi connectivity index (χ1) is 12.5. The molecule has 0 spiro atoms. The smallest absolute Gasteiger partial charge is 0.339 e. The van der Waals surface area contributed by atoms with Crippen molar-refractivity contribution in [1.29, 1.82) is 0 Å². The fourth-order valence-electron chi connectivity index (χ4n) is 2.68. The van der Waals surface area contributed by atoms with Crippen LogP contribution in [0.25, 0.3) is 0 Å². The van der Waals surface area contributed by atoms with Gasteiger partial charge in [0.15, 0.2) is 0 Å². The lowest BCUT2D eigenvalue weighted by molar-refractivity contribution is 0.0304. The summed E-state index contributed by atoms with van der Waals surface area (Å²) in [4.78, 5) is 24.7. The van der Waals surface area contributed by atoms with Gasteiger partial charge in [0.2, 0.25) is 0 Å². The molecule has 26 heavy (non-hydrogen) atoms. The van der Waals surface area contributed by atoms with Crippen molar-refractivity contribution in [3.63, 3.8) is 0 Å². The predicted molar refractivity (Wildman–Crippen MR) is 104 cm³/mol. The molecule has 4 nitrogen and oxygen atoms in total. The van der Waals surface area contributed by atoms with Gasteiger partial charge in [-0.05, 0) is 37.8 Å². The molecule has 0 bridgehead atoms. The Hall–Kier alpha value is -1.84. The third kappa shape index (κ3) is 8.50. The zero-order valence-corrected chi connectivity index (χ0v) is 16.8. The van der Waals surface area contributed by atoms with Gasteiger partial charge in [0.25, 0.3) is 0 Å². The highest BCUT2D eigenvalue weighted by Gasteiger charge is 2.20. The van der Waals surface area contributed by atoms with Crippen molar-refractivity contribution < 1.29 is 19.1 Å². The van der Waals surface area contributed by atoms with Gasteiger partial charge < -0.3 is 9.47 Å². The molecule has 0 aliphatic rings. The van der Waals surface area contributed by atoms with Gasteiger partial charge in [-0.2, -0.15) is 0 Å². The van der Waals surface area contributed by atoms with Gasteiger partial charge in [-0.3, -0.25) is 0 Å². The summed E-state index contributed by atoms with van der Waals surface area (Å²) in [5.41, 5.74) is 0.543. The molecule has 4 heteroatoms. The van der Waals surface area contributed by atoms with Crippen LogP contribution in [0.5, 0.6) is 0 Å². The van der Waals surface area contributed by atoms with Gasteiger partial charge in [-0.25, -0.2) is 9.59 Å². The summed E-state index contributed by atoms with van der Waals surface area (Å²) in [5, 5.41) is 0. The summed E-state index contributed by atoms with van der Waals surface area (Å²) < 4.78 is 10.8. The molecule has 1 aromatic rings. The molecule has 0 saturated heterocycles. The molecule has 0 fully saturated rings. The maximum Gasteiger partial charge on any atom is 0.339 e. The lowest BCUT2D eigenvalue weighted by Crippen LogP contribution is -2.19. The summed E-state index contributed by atoms with van der Waals surface area (Å²) in [6, 6.07) is 6.68. The molecule has 0 heterocycles. The number of benzene rings is 1. The van der Waals surface area contributed by atoms with Gasteiger partial charge in [0.05, 0.1) is 23.8 Å². The van der Waals surface area contributed by atoms with Crippen LogP contribution in [-0.2, 0) is 9.47 Å². The summed E-state index contributed by atoms with van der Waals surface area (Å²) in [6.45, 7) is 8.38. The average Bonchev–Trinajstić information content (AvgIpc) is 2.62. The third-order valence-corrected chi connectivity index (χ3v) is 4.19. The maximum absolute atomic E-state index is 12.5. The minimum atomic E-state index is -0.477. The topological polar surface area (TPSA) is 52.6 Å². The molecule has 0 aliphatic carbocycles. The van der Waals surface area contributed by atoms with E-state index < -0.39 is 11.9 Å². The highest BCUT2D eigenvalue weighted by atomic mass is 16.5. The van der Waals surface area contributed by atoms with E-state index >= 15 is 0 Å². The Kier molecular flexibility index (Phi) is 10.7. The highest BCUT2D eigenvalue weighted by Crippen LogP contribution is 2.16. The van der Waals surface area contributed by atoms with E-state index in [0.717, 1.165) is 12.8 Å². The Balaban J connectivity index is 2.52. The van der Waals surface area contributed by atoms with Gasteiger partial charge in [0, 0.05) is 0 Å². The van der Waals surface area contributed by atoms with Gasteiger partial charge in [-0.15, -0.1) is 0 Å². The molecule has 1 unspecified atom stereocenters. The minimum absolute atomic E-state index is 0.159.